The molecule has 110 valence electrons. The molecular weight excluding hydrogens is 240 g/mol. The van der Waals surface area contributed by atoms with Crippen molar-refractivity contribution in [2.45, 2.75) is 52.4 Å². The van der Waals surface area contributed by atoms with Gasteiger partial charge >= 0.3 is 0 Å². The molecular formula is C20H30. The Bertz CT molecular complexity index is 306. The minimum atomic E-state index is 1.14. The summed E-state index contributed by atoms with van der Waals surface area (Å²) < 4.78 is 0. The van der Waals surface area contributed by atoms with Gasteiger partial charge in [-0.05, 0) is 45.4 Å². The van der Waals surface area contributed by atoms with Crippen LogP contribution in [0.2, 0.25) is 0 Å². The molecule has 0 aliphatic heterocycles. The van der Waals surface area contributed by atoms with E-state index in [0.29, 0.717) is 0 Å². The third kappa shape index (κ3) is 16.4. The molecule has 0 spiro atoms. The molecule has 2 rings (SSSR count). The average Bonchev–Trinajstić information content (AvgIpc) is 3.21. The summed E-state index contributed by atoms with van der Waals surface area (Å²) >= 11 is 0. The molecule has 0 fully saturated rings. The van der Waals surface area contributed by atoms with Crippen LogP contribution in [-0.2, 0) is 0 Å². The van der Waals surface area contributed by atoms with Crippen LogP contribution >= 0.6 is 0 Å². The molecule has 2 aliphatic carbocycles. The van der Waals surface area contributed by atoms with Gasteiger partial charge in [-0.2, -0.15) is 0 Å². The quantitative estimate of drug-likeness (QED) is 0.385. The van der Waals surface area contributed by atoms with Crippen LogP contribution in [0.4, 0.5) is 0 Å². The third-order valence-electron chi connectivity index (χ3n) is 2.69. The van der Waals surface area contributed by atoms with Gasteiger partial charge in [0.05, 0.1) is 0 Å². The first-order valence-electron chi connectivity index (χ1n) is 7.81. The number of allylic oxidation sites excluding steroid dienone is 12. The summed E-state index contributed by atoms with van der Waals surface area (Å²) in [5.41, 5.74) is 0. The lowest BCUT2D eigenvalue weighted by molar-refractivity contribution is 0.864. The summed E-state index contributed by atoms with van der Waals surface area (Å²) in [5.74, 6) is 0. The van der Waals surface area contributed by atoms with Crippen molar-refractivity contribution in [3.05, 3.63) is 72.9 Å². The lowest BCUT2D eigenvalue weighted by atomic mass is 10.2. The molecule has 0 saturated carbocycles. The molecule has 20 heavy (non-hydrogen) atoms. The van der Waals surface area contributed by atoms with Gasteiger partial charge in [0.15, 0.2) is 0 Å². The number of rotatable bonds is 5. The van der Waals surface area contributed by atoms with Gasteiger partial charge in [-0.3, -0.25) is 0 Å². The Morgan fingerprint density at radius 3 is 1.60 bits per heavy atom. The maximum Gasteiger partial charge on any atom is -0.0163 e. The first kappa shape index (κ1) is 18.4. The van der Waals surface area contributed by atoms with E-state index in [1.165, 1.54) is 25.7 Å². The first-order chi connectivity index (χ1) is 9.91. The van der Waals surface area contributed by atoms with Crippen LogP contribution in [0.3, 0.4) is 0 Å². The summed E-state index contributed by atoms with van der Waals surface area (Å²) in [6.07, 6.45) is 32.8. The highest BCUT2D eigenvalue weighted by Gasteiger charge is 1.77. The van der Waals surface area contributed by atoms with Crippen molar-refractivity contribution in [2.24, 2.45) is 0 Å². The van der Waals surface area contributed by atoms with Crippen LogP contribution < -0.4 is 0 Å². The Labute approximate surface area is 126 Å². The molecule has 0 radical (unpaired) electrons. The van der Waals surface area contributed by atoms with Crippen molar-refractivity contribution in [2.75, 3.05) is 0 Å². The van der Waals surface area contributed by atoms with Crippen molar-refractivity contribution >= 4 is 0 Å². The highest BCUT2D eigenvalue weighted by atomic mass is 13.8. The Hall–Kier alpha value is -1.56. The molecule has 0 nitrogen and oxygen atoms in total. The zero-order chi connectivity index (χ0) is 14.7. The Kier molecular flexibility index (Phi) is 16.1. The number of hydrogen-bond acceptors (Lipinski definition) is 0. The number of hydrogen-bond donors (Lipinski definition) is 0. The second kappa shape index (κ2) is 17.4. The number of unbranched alkanes of at least 4 members (excludes halogenated alkanes) is 2. The third-order valence-corrected chi connectivity index (χ3v) is 2.69. The SMILES string of the molecule is C1=CCC=C1.C1=CCC=C1.CC=CCCCC=CCC. The zero-order valence-electron chi connectivity index (χ0n) is 13.2. The second-order valence-electron chi connectivity index (χ2n) is 4.56. The molecule has 0 N–H and O–H groups in total. The van der Waals surface area contributed by atoms with E-state index in [1.54, 1.807) is 0 Å². The largest absolute Gasteiger partial charge is 0.0917 e. The zero-order valence-corrected chi connectivity index (χ0v) is 13.2. The molecule has 0 aromatic heterocycles. The topological polar surface area (TPSA) is 0 Å². The van der Waals surface area contributed by atoms with Gasteiger partial charge in [-0.1, -0.05) is 79.8 Å². The first-order valence-corrected chi connectivity index (χ1v) is 7.81. The van der Waals surface area contributed by atoms with Crippen molar-refractivity contribution in [3.63, 3.8) is 0 Å². The van der Waals surface area contributed by atoms with E-state index in [2.05, 4.69) is 86.8 Å². The molecule has 0 unspecified atom stereocenters. The van der Waals surface area contributed by atoms with E-state index < -0.39 is 0 Å². The van der Waals surface area contributed by atoms with Gasteiger partial charge in [0.1, 0.15) is 0 Å². The van der Waals surface area contributed by atoms with Crippen molar-refractivity contribution in [1.29, 1.82) is 0 Å². The highest BCUT2D eigenvalue weighted by Crippen LogP contribution is 1.98. The van der Waals surface area contributed by atoms with Gasteiger partial charge in [0.25, 0.3) is 0 Å². The summed E-state index contributed by atoms with van der Waals surface area (Å²) in [5, 5.41) is 0. The smallest absolute Gasteiger partial charge is 0.0163 e. The van der Waals surface area contributed by atoms with E-state index in [0.717, 1.165) is 12.8 Å². The van der Waals surface area contributed by atoms with E-state index in [1.807, 2.05) is 0 Å². The standard InChI is InChI=1S/C10H18.2C5H6/c1-3-5-7-9-10-8-6-4-2;2*1-2-4-5-3-1/h3,5-6,8H,4,7,9-10H2,1-2H3;2*1-4H,5H2. The van der Waals surface area contributed by atoms with E-state index in [9.17, 15) is 0 Å². The van der Waals surface area contributed by atoms with Crippen molar-refractivity contribution < 1.29 is 0 Å². The van der Waals surface area contributed by atoms with Crippen LogP contribution in [0.25, 0.3) is 0 Å². The highest BCUT2D eigenvalue weighted by molar-refractivity contribution is 5.12. The van der Waals surface area contributed by atoms with E-state index in [4.69, 9.17) is 0 Å². The van der Waals surface area contributed by atoms with Crippen LogP contribution in [0.1, 0.15) is 52.4 Å². The second-order valence-corrected chi connectivity index (χ2v) is 4.56. The Balaban J connectivity index is 0.000000298. The Morgan fingerprint density at radius 1 is 0.750 bits per heavy atom. The van der Waals surface area contributed by atoms with Crippen LogP contribution in [0, 0.1) is 0 Å². The van der Waals surface area contributed by atoms with Crippen LogP contribution in [-0.4, -0.2) is 0 Å². The molecule has 2 aliphatic rings. The Morgan fingerprint density at radius 2 is 1.25 bits per heavy atom. The average molecular weight is 270 g/mol. The van der Waals surface area contributed by atoms with Gasteiger partial charge in [-0.15, -0.1) is 0 Å². The predicted molar refractivity (Wildman–Crippen MR) is 93.9 cm³/mol. The van der Waals surface area contributed by atoms with E-state index >= 15 is 0 Å². The van der Waals surface area contributed by atoms with Gasteiger partial charge < -0.3 is 0 Å². The van der Waals surface area contributed by atoms with Crippen LogP contribution in [0.5, 0.6) is 0 Å². The molecule has 0 saturated heterocycles. The van der Waals surface area contributed by atoms with Gasteiger partial charge in [-0.25, -0.2) is 0 Å². The fourth-order valence-electron chi connectivity index (χ4n) is 1.59. The summed E-state index contributed by atoms with van der Waals surface area (Å²) in [4.78, 5) is 0. The van der Waals surface area contributed by atoms with Gasteiger partial charge in [0, 0.05) is 0 Å². The predicted octanol–water partition coefficient (Wildman–Crippen LogP) is 6.70. The fourth-order valence-corrected chi connectivity index (χ4v) is 1.59. The lowest BCUT2D eigenvalue weighted by Gasteiger charge is -1.88. The lowest BCUT2D eigenvalue weighted by Crippen LogP contribution is -1.67. The molecule has 0 heterocycles. The molecule has 0 aromatic rings. The summed E-state index contributed by atoms with van der Waals surface area (Å²) in [6, 6.07) is 0. The molecule has 0 heteroatoms. The maximum absolute atomic E-state index is 2.27. The monoisotopic (exact) mass is 270 g/mol. The molecule has 0 amide bonds. The minimum Gasteiger partial charge on any atom is -0.0917 e. The molecule has 0 atom stereocenters. The van der Waals surface area contributed by atoms with Crippen molar-refractivity contribution in [1.82, 2.24) is 0 Å². The maximum atomic E-state index is 2.27. The normalized spacial score (nSPS) is 14.7. The van der Waals surface area contributed by atoms with Crippen LogP contribution in [0.15, 0.2) is 72.9 Å². The van der Waals surface area contributed by atoms with Crippen molar-refractivity contribution in [3.8, 4) is 0 Å². The van der Waals surface area contributed by atoms with E-state index in [-0.39, 0.29) is 0 Å². The fraction of sp³-hybridized carbons (Fsp3) is 0.400. The minimum absolute atomic E-state index is 1.14. The molecule has 0 aromatic carbocycles. The summed E-state index contributed by atoms with van der Waals surface area (Å²) in [6.45, 7) is 4.24. The van der Waals surface area contributed by atoms with Gasteiger partial charge in [0.2, 0.25) is 0 Å². The summed E-state index contributed by atoms with van der Waals surface area (Å²) in [7, 11) is 0. The molecule has 0 bridgehead atoms.